The van der Waals surface area contributed by atoms with Crippen LogP contribution in [0.3, 0.4) is 0 Å². The molecule has 0 aromatic carbocycles. The van der Waals surface area contributed by atoms with Crippen LogP contribution in [0.5, 0.6) is 0 Å². The minimum Gasteiger partial charge on any atom is -0.322 e. The molecule has 0 bridgehead atoms. The first-order valence-corrected chi connectivity index (χ1v) is 8.77. The summed E-state index contributed by atoms with van der Waals surface area (Å²) in [6.07, 6.45) is 6.15. The number of hydrogen-bond acceptors (Lipinski definition) is 6. The Morgan fingerprint density at radius 2 is 2.26 bits per heavy atom. The molecule has 9 heteroatoms. The van der Waals surface area contributed by atoms with Gasteiger partial charge in [-0.25, -0.2) is 9.67 Å². The second kappa shape index (κ2) is 7.27. The van der Waals surface area contributed by atoms with Crippen molar-refractivity contribution in [3.63, 3.8) is 0 Å². The van der Waals surface area contributed by atoms with Crippen LogP contribution in [0.4, 0.5) is 5.69 Å². The molecule has 1 atom stereocenters. The summed E-state index contributed by atoms with van der Waals surface area (Å²) in [7, 11) is 0. The zero-order chi connectivity index (χ0) is 16.2. The van der Waals surface area contributed by atoms with Crippen molar-refractivity contribution in [2.45, 2.75) is 49.1 Å². The molecular formula is C14H17ClN6OS. The Bertz CT molecular complexity index is 687. The summed E-state index contributed by atoms with van der Waals surface area (Å²) in [6.45, 7) is 1.82. The van der Waals surface area contributed by atoms with Gasteiger partial charge in [0.1, 0.15) is 0 Å². The summed E-state index contributed by atoms with van der Waals surface area (Å²) in [5, 5.41) is 15.3. The number of pyridine rings is 1. The average molecular weight is 353 g/mol. The van der Waals surface area contributed by atoms with Crippen molar-refractivity contribution < 1.29 is 4.79 Å². The van der Waals surface area contributed by atoms with E-state index in [9.17, 15) is 4.79 Å². The first kappa shape index (κ1) is 16.2. The summed E-state index contributed by atoms with van der Waals surface area (Å²) in [6, 6.07) is 3.78. The molecule has 2 heterocycles. The van der Waals surface area contributed by atoms with Gasteiger partial charge >= 0.3 is 0 Å². The molecular weight excluding hydrogens is 336 g/mol. The molecule has 1 aliphatic carbocycles. The first-order chi connectivity index (χ1) is 11.1. The Labute approximate surface area is 143 Å². The molecule has 1 fully saturated rings. The SMILES string of the molecule is CC(Sc1nnnn1C1CCCC1)C(=O)Nc1cccnc1Cl. The largest absolute Gasteiger partial charge is 0.322 e. The normalized spacial score (nSPS) is 16.4. The maximum atomic E-state index is 12.3. The van der Waals surface area contributed by atoms with Gasteiger partial charge in [0.05, 0.1) is 17.0 Å². The lowest BCUT2D eigenvalue weighted by atomic mass is 10.3. The van der Waals surface area contributed by atoms with Gasteiger partial charge in [-0.1, -0.05) is 36.2 Å². The van der Waals surface area contributed by atoms with Crippen LogP contribution in [0.1, 0.15) is 38.6 Å². The van der Waals surface area contributed by atoms with Crippen molar-refractivity contribution in [3.8, 4) is 0 Å². The van der Waals surface area contributed by atoms with Gasteiger partial charge in [0, 0.05) is 6.20 Å². The van der Waals surface area contributed by atoms with Crippen LogP contribution in [-0.4, -0.2) is 36.3 Å². The third kappa shape index (κ3) is 3.81. The maximum Gasteiger partial charge on any atom is 0.237 e. The number of tetrazole rings is 1. The molecule has 122 valence electrons. The average Bonchev–Trinajstić information content (AvgIpc) is 3.20. The van der Waals surface area contributed by atoms with Crippen LogP contribution in [0.2, 0.25) is 5.15 Å². The van der Waals surface area contributed by atoms with Crippen LogP contribution in [0.15, 0.2) is 23.5 Å². The molecule has 7 nitrogen and oxygen atoms in total. The smallest absolute Gasteiger partial charge is 0.237 e. The predicted molar refractivity (Wildman–Crippen MR) is 88.5 cm³/mol. The second-order valence-corrected chi connectivity index (χ2v) is 7.10. The number of carbonyl (C=O) groups is 1. The van der Waals surface area contributed by atoms with Crippen molar-refractivity contribution in [2.75, 3.05) is 5.32 Å². The first-order valence-electron chi connectivity index (χ1n) is 7.51. The predicted octanol–water partition coefficient (Wildman–Crippen LogP) is 2.96. The lowest BCUT2D eigenvalue weighted by Crippen LogP contribution is -2.23. The number of aromatic nitrogens is 5. The highest BCUT2D eigenvalue weighted by Gasteiger charge is 2.24. The lowest BCUT2D eigenvalue weighted by Gasteiger charge is -2.14. The summed E-state index contributed by atoms with van der Waals surface area (Å²) in [5.41, 5.74) is 0.502. The Kier molecular flexibility index (Phi) is 5.12. The summed E-state index contributed by atoms with van der Waals surface area (Å²) < 4.78 is 1.85. The van der Waals surface area contributed by atoms with E-state index in [2.05, 4.69) is 25.8 Å². The number of carbonyl (C=O) groups excluding carboxylic acids is 1. The van der Waals surface area contributed by atoms with Gasteiger partial charge in [-0.05, 0) is 42.3 Å². The standard InChI is InChI=1S/C14H17ClN6OS/c1-9(13(22)17-11-7-4-8-16-12(11)15)23-14-18-19-20-21(14)10-5-2-3-6-10/h4,7-10H,2-3,5-6H2,1H3,(H,17,22). The van der Waals surface area contributed by atoms with E-state index in [1.807, 2.05) is 11.6 Å². The van der Waals surface area contributed by atoms with E-state index in [-0.39, 0.29) is 16.3 Å². The summed E-state index contributed by atoms with van der Waals surface area (Å²) in [5.74, 6) is -0.161. The fraction of sp³-hybridized carbons (Fsp3) is 0.500. The summed E-state index contributed by atoms with van der Waals surface area (Å²) in [4.78, 5) is 16.3. The summed E-state index contributed by atoms with van der Waals surface area (Å²) >= 11 is 7.31. The second-order valence-electron chi connectivity index (χ2n) is 5.44. The molecule has 0 spiro atoms. The monoisotopic (exact) mass is 352 g/mol. The van der Waals surface area contributed by atoms with E-state index in [1.54, 1.807) is 18.3 Å². The van der Waals surface area contributed by atoms with Gasteiger partial charge < -0.3 is 5.32 Å². The van der Waals surface area contributed by atoms with E-state index in [4.69, 9.17) is 11.6 Å². The van der Waals surface area contributed by atoms with Crippen LogP contribution in [-0.2, 0) is 4.79 Å². The van der Waals surface area contributed by atoms with Crippen LogP contribution >= 0.6 is 23.4 Å². The molecule has 0 radical (unpaired) electrons. The number of amides is 1. The van der Waals surface area contributed by atoms with Crippen molar-refractivity contribution in [1.82, 2.24) is 25.2 Å². The van der Waals surface area contributed by atoms with Gasteiger partial charge in [0.25, 0.3) is 0 Å². The van der Waals surface area contributed by atoms with Gasteiger partial charge in [0.15, 0.2) is 5.15 Å². The highest BCUT2D eigenvalue weighted by Crippen LogP contribution is 2.32. The zero-order valence-electron chi connectivity index (χ0n) is 12.6. The number of nitrogens with zero attached hydrogens (tertiary/aromatic N) is 5. The highest BCUT2D eigenvalue weighted by molar-refractivity contribution is 8.00. The number of hydrogen-bond donors (Lipinski definition) is 1. The highest BCUT2D eigenvalue weighted by atomic mass is 35.5. The molecule has 3 rings (SSSR count). The number of rotatable bonds is 5. The zero-order valence-corrected chi connectivity index (χ0v) is 14.2. The minimum absolute atomic E-state index is 0.161. The maximum absolute atomic E-state index is 12.3. The fourth-order valence-electron chi connectivity index (χ4n) is 2.57. The van der Waals surface area contributed by atoms with Gasteiger partial charge in [-0.15, -0.1) is 5.10 Å². The molecule has 0 saturated heterocycles. The third-order valence-corrected chi connectivity index (χ3v) is 5.15. The van der Waals surface area contributed by atoms with E-state index in [0.717, 1.165) is 12.8 Å². The van der Waals surface area contributed by atoms with Gasteiger partial charge in [-0.2, -0.15) is 0 Å². The number of thioether (sulfide) groups is 1. The molecule has 23 heavy (non-hydrogen) atoms. The van der Waals surface area contributed by atoms with Gasteiger partial charge in [0.2, 0.25) is 11.1 Å². The van der Waals surface area contributed by atoms with Crippen LogP contribution in [0.25, 0.3) is 0 Å². The Morgan fingerprint density at radius 1 is 1.48 bits per heavy atom. The van der Waals surface area contributed by atoms with Crippen molar-refractivity contribution >= 4 is 35.0 Å². The Hall–Kier alpha value is -1.67. The van der Waals surface area contributed by atoms with Crippen LogP contribution in [0, 0.1) is 0 Å². The van der Waals surface area contributed by atoms with E-state index >= 15 is 0 Å². The molecule has 1 N–H and O–H groups in total. The van der Waals surface area contributed by atoms with Crippen molar-refractivity contribution in [2.24, 2.45) is 0 Å². The fourth-order valence-corrected chi connectivity index (χ4v) is 3.59. The number of anilines is 1. The number of nitrogens with one attached hydrogen (secondary N) is 1. The molecule has 2 aromatic heterocycles. The molecule has 1 saturated carbocycles. The molecule has 0 aliphatic heterocycles. The van der Waals surface area contributed by atoms with Crippen molar-refractivity contribution in [1.29, 1.82) is 0 Å². The minimum atomic E-state index is -0.350. The molecule has 1 aliphatic rings. The number of halogens is 1. The van der Waals surface area contributed by atoms with Crippen molar-refractivity contribution in [3.05, 3.63) is 23.5 Å². The van der Waals surface area contributed by atoms with E-state index in [0.29, 0.717) is 16.9 Å². The van der Waals surface area contributed by atoms with E-state index in [1.165, 1.54) is 24.6 Å². The van der Waals surface area contributed by atoms with Gasteiger partial charge in [-0.3, -0.25) is 4.79 Å². The van der Waals surface area contributed by atoms with E-state index < -0.39 is 0 Å². The third-order valence-electron chi connectivity index (χ3n) is 3.80. The molecule has 1 unspecified atom stereocenters. The molecule has 2 aromatic rings. The Balaban J connectivity index is 1.65. The molecule has 1 amide bonds. The lowest BCUT2D eigenvalue weighted by molar-refractivity contribution is -0.115. The topological polar surface area (TPSA) is 85.6 Å². The van der Waals surface area contributed by atoms with Crippen LogP contribution < -0.4 is 5.32 Å². The Morgan fingerprint density at radius 3 is 3.00 bits per heavy atom. The quantitative estimate of drug-likeness (QED) is 0.657.